The summed E-state index contributed by atoms with van der Waals surface area (Å²) in [6.07, 6.45) is 2.96. The Labute approximate surface area is 103 Å². The summed E-state index contributed by atoms with van der Waals surface area (Å²) in [7, 11) is 1.65. The first-order chi connectivity index (χ1) is 8.27. The predicted molar refractivity (Wildman–Crippen MR) is 65.8 cm³/mol. The number of rotatable bonds is 8. The Morgan fingerprint density at radius 1 is 1.24 bits per heavy atom. The number of amides is 1. The topological polar surface area (TPSA) is 53.0 Å². The fourth-order valence-corrected chi connectivity index (χ4v) is 2.01. The van der Waals surface area contributed by atoms with E-state index >= 15 is 0 Å². The van der Waals surface area contributed by atoms with Crippen molar-refractivity contribution in [2.75, 3.05) is 53.0 Å². The molecule has 1 heterocycles. The molecule has 1 N–H and O–H groups in total. The van der Waals surface area contributed by atoms with Gasteiger partial charge in [-0.15, -0.1) is 0 Å². The molecule has 1 amide bonds. The van der Waals surface area contributed by atoms with Crippen molar-refractivity contribution in [3.63, 3.8) is 0 Å². The molecule has 0 aromatic carbocycles. The second kappa shape index (κ2) is 8.44. The molecule has 0 atom stereocenters. The summed E-state index contributed by atoms with van der Waals surface area (Å²) in [5.41, 5.74) is 0. The van der Waals surface area contributed by atoms with Crippen molar-refractivity contribution in [1.82, 2.24) is 9.80 Å². The summed E-state index contributed by atoms with van der Waals surface area (Å²) in [6, 6.07) is 0. The number of ether oxygens (including phenoxy) is 1. The number of piperazine rings is 1. The van der Waals surface area contributed by atoms with Gasteiger partial charge >= 0.3 is 0 Å². The summed E-state index contributed by atoms with van der Waals surface area (Å²) in [5, 5.41) is 8.68. The molecule has 5 nitrogen and oxygen atoms in total. The highest BCUT2D eigenvalue weighted by molar-refractivity contribution is 5.79. The number of carbonyl (C=O) groups excluding carboxylic acids is 1. The molecule has 1 rings (SSSR count). The lowest BCUT2D eigenvalue weighted by atomic mass is 10.2. The van der Waals surface area contributed by atoms with Gasteiger partial charge in [-0.25, -0.2) is 0 Å². The fourth-order valence-electron chi connectivity index (χ4n) is 2.01. The lowest BCUT2D eigenvalue weighted by Gasteiger charge is -2.34. The molecule has 0 saturated carbocycles. The number of hydrogen-bond acceptors (Lipinski definition) is 4. The van der Waals surface area contributed by atoms with Crippen LogP contribution in [0.3, 0.4) is 0 Å². The van der Waals surface area contributed by atoms with Gasteiger partial charge in [0.25, 0.3) is 0 Å². The largest absolute Gasteiger partial charge is 0.396 e. The van der Waals surface area contributed by atoms with Gasteiger partial charge in [-0.1, -0.05) is 0 Å². The zero-order valence-corrected chi connectivity index (χ0v) is 10.7. The van der Waals surface area contributed by atoms with Gasteiger partial charge in [-0.3, -0.25) is 9.69 Å². The van der Waals surface area contributed by atoms with Gasteiger partial charge in [0.2, 0.25) is 5.91 Å². The molecule has 0 bridgehead atoms. The van der Waals surface area contributed by atoms with Crippen molar-refractivity contribution in [3.8, 4) is 0 Å². The molecular weight excluding hydrogens is 220 g/mol. The molecule has 17 heavy (non-hydrogen) atoms. The summed E-state index contributed by atoms with van der Waals surface area (Å²) in [5.74, 6) is 0.204. The molecule has 0 unspecified atom stereocenters. The Kier molecular flexibility index (Phi) is 7.16. The first-order valence-corrected chi connectivity index (χ1v) is 6.38. The predicted octanol–water partition coefficient (Wildman–Crippen LogP) is -0.0604. The average Bonchev–Trinajstić information content (AvgIpc) is 2.34. The van der Waals surface area contributed by atoms with Crippen LogP contribution >= 0.6 is 0 Å². The lowest BCUT2D eigenvalue weighted by molar-refractivity contribution is -0.136. The van der Waals surface area contributed by atoms with Crippen LogP contribution in [0.4, 0.5) is 0 Å². The second-order valence-corrected chi connectivity index (χ2v) is 4.43. The molecule has 5 heteroatoms. The minimum Gasteiger partial charge on any atom is -0.396 e. The number of methoxy groups -OCH3 is 1. The molecule has 1 aliphatic rings. The highest BCUT2D eigenvalue weighted by atomic mass is 16.5. The first-order valence-electron chi connectivity index (χ1n) is 6.38. The number of hydrogen-bond donors (Lipinski definition) is 1. The highest BCUT2D eigenvalue weighted by Crippen LogP contribution is 2.05. The van der Waals surface area contributed by atoms with Crippen LogP contribution in [0.1, 0.15) is 19.3 Å². The van der Waals surface area contributed by atoms with Crippen molar-refractivity contribution >= 4 is 5.91 Å². The van der Waals surface area contributed by atoms with Crippen molar-refractivity contribution in [2.45, 2.75) is 19.3 Å². The zero-order valence-electron chi connectivity index (χ0n) is 10.7. The average molecular weight is 244 g/mol. The minimum absolute atomic E-state index is 0.204. The number of aliphatic hydroxyl groups is 1. The molecule has 1 fully saturated rings. The quantitative estimate of drug-likeness (QED) is 0.608. The second-order valence-electron chi connectivity index (χ2n) is 4.43. The summed E-state index contributed by atoms with van der Waals surface area (Å²) >= 11 is 0. The maximum atomic E-state index is 11.8. The van der Waals surface area contributed by atoms with Crippen LogP contribution < -0.4 is 0 Å². The van der Waals surface area contributed by atoms with Gasteiger partial charge in [0.1, 0.15) is 0 Å². The monoisotopic (exact) mass is 244 g/mol. The molecule has 0 aliphatic carbocycles. The van der Waals surface area contributed by atoms with E-state index in [9.17, 15) is 4.79 Å². The summed E-state index contributed by atoms with van der Waals surface area (Å²) in [6.45, 7) is 4.84. The van der Waals surface area contributed by atoms with E-state index in [1.165, 1.54) is 0 Å². The van der Waals surface area contributed by atoms with Crippen LogP contribution in [0, 0.1) is 0 Å². The SMILES string of the molecule is COCCN1CCN(CCCCCO)CC1=O. The Morgan fingerprint density at radius 2 is 2.06 bits per heavy atom. The van der Waals surface area contributed by atoms with Gasteiger partial charge in [-0.05, 0) is 25.8 Å². The van der Waals surface area contributed by atoms with Crippen LogP contribution in [0.2, 0.25) is 0 Å². The van der Waals surface area contributed by atoms with Crippen molar-refractivity contribution in [3.05, 3.63) is 0 Å². The van der Waals surface area contributed by atoms with Crippen molar-refractivity contribution in [2.24, 2.45) is 0 Å². The molecule has 1 aliphatic heterocycles. The third-order valence-electron chi connectivity index (χ3n) is 3.10. The number of carbonyl (C=O) groups is 1. The Morgan fingerprint density at radius 3 is 2.71 bits per heavy atom. The molecule has 0 spiro atoms. The van der Waals surface area contributed by atoms with E-state index < -0.39 is 0 Å². The Bertz CT molecular complexity index is 224. The van der Waals surface area contributed by atoms with Gasteiger partial charge < -0.3 is 14.7 Å². The van der Waals surface area contributed by atoms with Gasteiger partial charge in [0.05, 0.1) is 13.2 Å². The highest BCUT2D eigenvalue weighted by Gasteiger charge is 2.22. The molecule has 0 aromatic rings. The summed E-state index contributed by atoms with van der Waals surface area (Å²) in [4.78, 5) is 15.9. The van der Waals surface area contributed by atoms with Crippen molar-refractivity contribution < 1.29 is 14.6 Å². The third kappa shape index (κ3) is 5.48. The molecule has 1 saturated heterocycles. The molecule has 0 aromatic heterocycles. The number of aliphatic hydroxyl groups excluding tert-OH is 1. The lowest BCUT2D eigenvalue weighted by Crippen LogP contribution is -2.51. The van der Waals surface area contributed by atoms with E-state index in [-0.39, 0.29) is 12.5 Å². The van der Waals surface area contributed by atoms with Crippen LogP contribution in [0.15, 0.2) is 0 Å². The third-order valence-corrected chi connectivity index (χ3v) is 3.10. The number of nitrogens with zero attached hydrogens (tertiary/aromatic N) is 2. The van der Waals surface area contributed by atoms with Gasteiger partial charge in [0, 0.05) is 33.4 Å². The van der Waals surface area contributed by atoms with Crippen LogP contribution in [0.25, 0.3) is 0 Å². The van der Waals surface area contributed by atoms with E-state index in [0.717, 1.165) is 38.9 Å². The minimum atomic E-state index is 0.204. The first kappa shape index (κ1) is 14.4. The molecule has 0 radical (unpaired) electrons. The summed E-state index contributed by atoms with van der Waals surface area (Å²) < 4.78 is 4.98. The van der Waals surface area contributed by atoms with E-state index in [4.69, 9.17) is 9.84 Å². The van der Waals surface area contributed by atoms with Crippen molar-refractivity contribution in [1.29, 1.82) is 0 Å². The van der Waals surface area contributed by atoms with Crippen LogP contribution in [-0.2, 0) is 9.53 Å². The standard InChI is InChI=1S/C12H24N2O3/c1-17-10-8-14-7-6-13(11-12(14)16)5-3-2-4-9-15/h15H,2-11H2,1H3. The van der Waals surface area contributed by atoms with E-state index in [1.54, 1.807) is 7.11 Å². The smallest absolute Gasteiger partial charge is 0.236 e. The Balaban J connectivity index is 2.15. The van der Waals surface area contributed by atoms with E-state index in [2.05, 4.69) is 4.90 Å². The van der Waals surface area contributed by atoms with Crippen LogP contribution in [0.5, 0.6) is 0 Å². The van der Waals surface area contributed by atoms with Gasteiger partial charge in [-0.2, -0.15) is 0 Å². The Hall–Kier alpha value is -0.650. The maximum Gasteiger partial charge on any atom is 0.236 e. The molecular formula is C12H24N2O3. The van der Waals surface area contributed by atoms with Crippen LogP contribution in [-0.4, -0.2) is 73.9 Å². The fraction of sp³-hybridized carbons (Fsp3) is 0.917. The molecule has 100 valence electrons. The van der Waals surface area contributed by atoms with E-state index in [1.807, 2.05) is 4.90 Å². The zero-order chi connectivity index (χ0) is 12.5. The maximum absolute atomic E-state index is 11.8. The van der Waals surface area contributed by atoms with E-state index in [0.29, 0.717) is 19.7 Å². The number of unbranched alkanes of at least 4 members (excludes halogenated alkanes) is 2. The van der Waals surface area contributed by atoms with Gasteiger partial charge in [0.15, 0.2) is 0 Å². The normalized spacial score (nSPS) is 17.8.